The van der Waals surface area contributed by atoms with Crippen molar-refractivity contribution in [2.24, 2.45) is 0 Å². The highest BCUT2D eigenvalue weighted by molar-refractivity contribution is 9.10. The molecule has 0 saturated carbocycles. The number of benzene rings is 1. The van der Waals surface area contributed by atoms with Crippen LogP contribution in [0.2, 0.25) is 5.02 Å². The molecule has 22 heavy (non-hydrogen) atoms. The largest absolute Gasteiger partial charge is 0.453 e. The third-order valence-electron chi connectivity index (χ3n) is 3.14. The lowest BCUT2D eigenvalue weighted by atomic mass is 10.1. The molecular formula is C17H11BrClNO2. The van der Waals surface area contributed by atoms with Crippen molar-refractivity contribution in [1.29, 1.82) is 0 Å². The van der Waals surface area contributed by atoms with Gasteiger partial charge in [0.1, 0.15) is 5.76 Å². The van der Waals surface area contributed by atoms with Gasteiger partial charge in [0.15, 0.2) is 5.76 Å². The molecule has 0 bridgehead atoms. The Hall–Kier alpha value is -1.91. The van der Waals surface area contributed by atoms with Gasteiger partial charge in [-0.1, -0.05) is 11.6 Å². The molecule has 5 heteroatoms. The minimum absolute atomic E-state index is 0.0832. The maximum absolute atomic E-state index is 12.3. The number of hydrogen-bond donors (Lipinski definition) is 0. The van der Waals surface area contributed by atoms with Gasteiger partial charge in [0.2, 0.25) is 5.78 Å². The third-order valence-corrected chi connectivity index (χ3v) is 3.82. The topological polar surface area (TPSA) is 43.1 Å². The van der Waals surface area contributed by atoms with Gasteiger partial charge < -0.3 is 4.42 Å². The van der Waals surface area contributed by atoms with Crippen LogP contribution in [0.5, 0.6) is 0 Å². The Kier molecular flexibility index (Phi) is 4.41. The lowest BCUT2D eigenvalue weighted by Crippen LogP contribution is -2.02. The summed E-state index contributed by atoms with van der Waals surface area (Å²) in [5.41, 5.74) is 1.72. The van der Waals surface area contributed by atoms with Gasteiger partial charge in [0.25, 0.3) is 0 Å². The van der Waals surface area contributed by atoms with Crippen LogP contribution in [0.3, 0.4) is 0 Å². The summed E-state index contributed by atoms with van der Waals surface area (Å²) >= 11 is 9.20. The maximum Gasteiger partial charge on any atom is 0.202 e. The van der Waals surface area contributed by atoms with E-state index in [2.05, 4.69) is 20.9 Å². The summed E-state index contributed by atoms with van der Waals surface area (Å²) in [4.78, 5) is 16.3. The van der Waals surface area contributed by atoms with Gasteiger partial charge >= 0.3 is 0 Å². The summed E-state index contributed by atoms with van der Waals surface area (Å²) in [5.74, 6) is 0.900. The number of nitrogens with zero attached hydrogens (tertiary/aromatic N) is 1. The van der Waals surface area contributed by atoms with Crippen molar-refractivity contribution in [3.63, 3.8) is 0 Å². The zero-order chi connectivity index (χ0) is 15.5. The highest BCUT2D eigenvalue weighted by Gasteiger charge is 2.13. The molecule has 2 heterocycles. The number of halogens is 2. The van der Waals surface area contributed by atoms with Crippen molar-refractivity contribution in [1.82, 2.24) is 4.98 Å². The van der Waals surface area contributed by atoms with Crippen LogP contribution in [-0.4, -0.2) is 10.8 Å². The Morgan fingerprint density at radius 2 is 1.91 bits per heavy atom. The quantitative estimate of drug-likeness (QED) is 0.589. The van der Waals surface area contributed by atoms with Crippen LogP contribution in [0.1, 0.15) is 16.1 Å². The van der Waals surface area contributed by atoms with Crippen molar-refractivity contribution >= 4 is 33.3 Å². The maximum atomic E-state index is 12.3. The van der Waals surface area contributed by atoms with E-state index in [1.165, 1.54) is 0 Å². The molecule has 0 aliphatic rings. The van der Waals surface area contributed by atoms with E-state index in [0.29, 0.717) is 16.5 Å². The first-order valence-corrected chi connectivity index (χ1v) is 7.77. The molecule has 2 aromatic heterocycles. The van der Waals surface area contributed by atoms with Crippen LogP contribution in [-0.2, 0) is 6.42 Å². The fourth-order valence-corrected chi connectivity index (χ4v) is 2.62. The van der Waals surface area contributed by atoms with E-state index in [1.54, 1.807) is 36.7 Å². The van der Waals surface area contributed by atoms with E-state index in [9.17, 15) is 4.79 Å². The van der Waals surface area contributed by atoms with Crippen LogP contribution in [0.4, 0.5) is 0 Å². The number of hydrogen-bond acceptors (Lipinski definition) is 3. The smallest absolute Gasteiger partial charge is 0.202 e. The van der Waals surface area contributed by atoms with Gasteiger partial charge in [-0.3, -0.25) is 9.78 Å². The first-order valence-electron chi connectivity index (χ1n) is 6.60. The highest BCUT2D eigenvalue weighted by Crippen LogP contribution is 2.24. The van der Waals surface area contributed by atoms with Gasteiger partial charge in [-0.05, 0) is 64.0 Å². The molecule has 0 atom stereocenters. The van der Waals surface area contributed by atoms with Crippen molar-refractivity contribution in [2.45, 2.75) is 6.42 Å². The van der Waals surface area contributed by atoms with Crippen molar-refractivity contribution in [3.8, 4) is 11.3 Å². The van der Waals surface area contributed by atoms with Crippen molar-refractivity contribution in [2.75, 3.05) is 0 Å². The molecule has 0 saturated heterocycles. The van der Waals surface area contributed by atoms with Gasteiger partial charge in [0.05, 0.1) is 0 Å². The van der Waals surface area contributed by atoms with Crippen molar-refractivity contribution in [3.05, 3.63) is 75.7 Å². The van der Waals surface area contributed by atoms with Crippen LogP contribution in [0.25, 0.3) is 11.3 Å². The summed E-state index contributed by atoms with van der Waals surface area (Å²) in [6.07, 6.45) is 3.60. The van der Waals surface area contributed by atoms with Crippen LogP contribution in [0.15, 0.2) is 63.7 Å². The molecule has 0 aliphatic heterocycles. The highest BCUT2D eigenvalue weighted by atomic mass is 79.9. The van der Waals surface area contributed by atoms with Gasteiger partial charge in [-0.15, -0.1) is 0 Å². The molecule has 0 fully saturated rings. The Morgan fingerprint density at radius 1 is 1.14 bits per heavy atom. The Labute approximate surface area is 141 Å². The number of aromatic nitrogens is 1. The Bertz CT molecular complexity index is 812. The molecular weight excluding hydrogens is 366 g/mol. The van der Waals surface area contributed by atoms with Crippen molar-refractivity contribution < 1.29 is 9.21 Å². The molecule has 1 aromatic carbocycles. The number of furan rings is 1. The molecule has 0 radical (unpaired) electrons. The normalized spacial score (nSPS) is 10.6. The fraction of sp³-hybridized carbons (Fsp3) is 0.0588. The number of pyridine rings is 1. The van der Waals surface area contributed by atoms with E-state index < -0.39 is 0 Å². The molecule has 0 amide bonds. The average molecular weight is 377 g/mol. The van der Waals surface area contributed by atoms with Gasteiger partial charge in [-0.2, -0.15) is 0 Å². The Morgan fingerprint density at radius 3 is 2.64 bits per heavy atom. The number of rotatable bonds is 4. The minimum Gasteiger partial charge on any atom is -0.453 e. The summed E-state index contributed by atoms with van der Waals surface area (Å²) in [5, 5.41) is 0.661. The van der Waals surface area contributed by atoms with Crippen LogP contribution in [0, 0.1) is 0 Å². The molecule has 3 rings (SSSR count). The minimum atomic E-state index is -0.0832. The lowest BCUT2D eigenvalue weighted by molar-refractivity contribution is 0.0967. The molecule has 0 spiro atoms. The predicted molar refractivity (Wildman–Crippen MR) is 89.1 cm³/mol. The molecule has 3 aromatic rings. The first kappa shape index (κ1) is 15.0. The first-order chi connectivity index (χ1) is 10.6. The summed E-state index contributed by atoms with van der Waals surface area (Å²) in [6.45, 7) is 0. The third kappa shape index (κ3) is 3.46. The average Bonchev–Trinajstić information content (AvgIpc) is 2.98. The van der Waals surface area contributed by atoms with E-state index in [-0.39, 0.29) is 12.2 Å². The van der Waals surface area contributed by atoms with Gasteiger partial charge in [-0.25, -0.2) is 0 Å². The molecule has 0 aliphatic carbocycles. The Balaban J connectivity index is 1.78. The van der Waals surface area contributed by atoms with Crippen LogP contribution >= 0.6 is 27.5 Å². The number of ketones is 1. The number of carbonyl (C=O) groups excluding carboxylic acids is 1. The zero-order valence-electron chi connectivity index (χ0n) is 11.4. The van der Waals surface area contributed by atoms with E-state index in [4.69, 9.17) is 16.0 Å². The fourth-order valence-electron chi connectivity index (χ4n) is 2.08. The predicted octanol–water partition coefficient (Wildman–Crippen LogP) is 5.18. The monoisotopic (exact) mass is 375 g/mol. The lowest BCUT2D eigenvalue weighted by Gasteiger charge is -2.00. The SMILES string of the molecule is O=C(Cc1cncc(Br)c1)c1ccc(-c2ccc(Cl)cc2)o1. The molecule has 0 N–H and O–H groups in total. The van der Waals surface area contributed by atoms with Gasteiger partial charge in [0, 0.05) is 33.9 Å². The number of carbonyl (C=O) groups is 1. The second-order valence-corrected chi connectivity index (χ2v) is 6.13. The molecule has 0 unspecified atom stereocenters. The summed E-state index contributed by atoms with van der Waals surface area (Å²) in [6, 6.07) is 12.6. The van der Waals surface area contributed by atoms with E-state index in [1.807, 2.05) is 18.2 Å². The summed E-state index contributed by atoms with van der Waals surface area (Å²) in [7, 11) is 0. The standard InChI is InChI=1S/C17H11BrClNO2/c18-13-7-11(9-20-10-13)8-15(21)17-6-5-16(22-17)12-1-3-14(19)4-2-12/h1-7,9-10H,8H2. The van der Waals surface area contributed by atoms with E-state index >= 15 is 0 Å². The van der Waals surface area contributed by atoms with E-state index in [0.717, 1.165) is 15.6 Å². The summed E-state index contributed by atoms with van der Waals surface area (Å²) < 4.78 is 6.50. The number of Topliss-reactive ketones (excluding diaryl/α,β-unsaturated/α-hetero) is 1. The second kappa shape index (κ2) is 6.46. The second-order valence-electron chi connectivity index (χ2n) is 4.78. The van der Waals surface area contributed by atoms with Crippen LogP contribution < -0.4 is 0 Å². The molecule has 3 nitrogen and oxygen atoms in total. The molecule has 110 valence electrons. The zero-order valence-corrected chi connectivity index (χ0v) is 13.8.